The lowest BCUT2D eigenvalue weighted by Gasteiger charge is -2.24. The molecule has 0 fully saturated rings. The Balaban J connectivity index is 4.53. The van der Waals surface area contributed by atoms with Crippen LogP contribution in [0.1, 0.15) is 54.4 Å². The molecular formula is C15H28N2O6. The molecule has 0 bridgehead atoms. The maximum Gasteiger partial charge on any atom is 0.408 e. The summed E-state index contributed by atoms with van der Waals surface area (Å²) in [6.07, 6.45) is -0.799. The zero-order valence-electron chi connectivity index (χ0n) is 14.6. The van der Waals surface area contributed by atoms with Gasteiger partial charge in [-0.3, -0.25) is 4.79 Å². The van der Waals surface area contributed by atoms with E-state index in [1.807, 2.05) is 0 Å². The predicted molar refractivity (Wildman–Crippen MR) is 83.8 cm³/mol. The van der Waals surface area contributed by atoms with Gasteiger partial charge in [0.25, 0.3) is 0 Å². The van der Waals surface area contributed by atoms with Gasteiger partial charge in [-0.2, -0.15) is 0 Å². The van der Waals surface area contributed by atoms with Crippen molar-refractivity contribution in [1.82, 2.24) is 5.32 Å². The van der Waals surface area contributed by atoms with Crippen LogP contribution in [0.25, 0.3) is 0 Å². The summed E-state index contributed by atoms with van der Waals surface area (Å²) in [5.74, 6) is -1.84. The highest BCUT2D eigenvalue weighted by atomic mass is 16.6. The first-order chi connectivity index (χ1) is 10.2. The number of alkyl carbamates (subject to hydrolysis) is 1. The summed E-state index contributed by atoms with van der Waals surface area (Å²) >= 11 is 0. The molecule has 0 aromatic carbocycles. The number of nitrogens with one attached hydrogen (secondary N) is 1. The van der Waals surface area contributed by atoms with Crippen molar-refractivity contribution < 1.29 is 29.0 Å². The molecule has 0 aromatic heterocycles. The molecule has 0 spiro atoms. The Morgan fingerprint density at radius 2 is 1.48 bits per heavy atom. The third-order valence-corrected chi connectivity index (χ3v) is 2.46. The minimum Gasteiger partial charge on any atom is -0.480 e. The molecule has 0 aliphatic rings. The SMILES string of the molecule is CC(C)(C)OC(=O)N[C@H](CCC(N)C(=O)OC(C)(C)C)C(=O)O. The maximum atomic E-state index is 11.7. The van der Waals surface area contributed by atoms with E-state index in [4.69, 9.17) is 20.3 Å². The molecule has 0 heterocycles. The molecule has 0 rings (SSSR count). The minimum absolute atomic E-state index is 0.0189. The number of hydrogen-bond acceptors (Lipinski definition) is 6. The highest BCUT2D eigenvalue weighted by Gasteiger charge is 2.27. The number of carboxylic acid groups (broad SMARTS) is 1. The van der Waals surface area contributed by atoms with E-state index in [0.717, 1.165) is 0 Å². The average Bonchev–Trinajstić information content (AvgIpc) is 2.28. The maximum absolute atomic E-state index is 11.7. The molecular weight excluding hydrogens is 304 g/mol. The minimum atomic E-state index is -1.23. The van der Waals surface area contributed by atoms with Gasteiger partial charge in [-0.05, 0) is 54.4 Å². The molecule has 1 unspecified atom stereocenters. The van der Waals surface area contributed by atoms with Crippen molar-refractivity contribution in [1.29, 1.82) is 0 Å². The van der Waals surface area contributed by atoms with Crippen molar-refractivity contribution in [2.24, 2.45) is 5.73 Å². The van der Waals surface area contributed by atoms with Crippen LogP contribution in [0.3, 0.4) is 0 Å². The van der Waals surface area contributed by atoms with Crippen LogP contribution < -0.4 is 11.1 Å². The number of rotatable bonds is 6. The van der Waals surface area contributed by atoms with Crippen LogP contribution in [0.5, 0.6) is 0 Å². The van der Waals surface area contributed by atoms with E-state index < -0.39 is 41.3 Å². The fourth-order valence-electron chi connectivity index (χ4n) is 1.55. The lowest BCUT2D eigenvalue weighted by molar-refractivity contribution is -0.157. The van der Waals surface area contributed by atoms with E-state index >= 15 is 0 Å². The van der Waals surface area contributed by atoms with E-state index in [0.29, 0.717) is 0 Å². The van der Waals surface area contributed by atoms with Gasteiger partial charge < -0.3 is 25.6 Å². The summed E-state index contributed by atoms with van der Waals surface area (Å²) in [7, 11) is 0. The monoisotopic (exact) mass is 332 g/mol. The number of hydrogen-bond donors (Lipinski definition) is 3. The van der Waals surface area contributed by atoms with E-state index in [2.05, 4.69) is 5.32 Å². The van der Waals surface area contributed by atoms with Gasteiger partial charge in [-0.1, -0.05) is 0 Å². The molecule has 0 aliphatic heterocycles. The quantitative estimate of drug-likeness (QED) is 0.627. The van der Waals surface area contributed by atoms with Crippen LogP contribution in [0, 0.1) is 0 Å². The van der Waals surface area contributed by atoms with Crippen molar-refractivity contribution in [2.45, 2.75) is 77.7 Å². The first kappa shape index (κ1) is 21.2. The number of aliphatic carboxylic acids is 1. The predicted octanol–water partition coefficient (Wildman–Crippen LogP) is 1.41. The fraction of sp³-hybridized carbons (Fsp3) is 0.800. The van der Waals surface area contributed by atoms with Gasteiger partial charge in [0.1, 0.15) is 23.3 Å². The lowest BCUT2D eigenvalue weighted by atomic mass is 10.1. The van der Waals surface area contributed by atoms with Gasteiger partial charge in [0.05, 0.1) is 0 Å². The van der Waals surface area contributed by atoms with Crippen LogP contribution in [0.4, 0.5) is 4.79 Å². The average molecular weight is 332 g/mol. The number of esters is 1. The molecule has 0 aliphatic carbocycles. The first-order valence-corrected chi connectivity index (χ1v) is 7.42. The summed E-state index contributed by atoms with van der Waals surface area (Å²) in [5.41, 5.74) is 4.29. The van der Waals surface area contributed by atoms with E-state index in [-0.39, 0.29) is 12.8 Å². The lowest BCUT2D eigenvalue weighted by Crippen LogP contribution is -2.45. The van der Waals surface area contributed by atoms with Gasteiger partial charge in [0, 0.05) is 0 Å². The van der Waals surface area contributed by atoms with E-state index in [9.17, 15) is 14.4 Å². The Kier molecular flexibility index (Phi) is 7.50. The Morgan fingerprint density at radius 1 is 1.00 bits per heavy atom. The van der Waals surface area contributed by atoms with Crippen LogP contribution in [0.2, 0.25) is 0 Å². The first-order valence-electron chi connectivity index (χ1n) is 7.42. The van der Waals surface area contributed by atoms with E-state index in [1.165, 1.54) is 0 Å². The second kappa shape index (κ2) is 8.14. The molecule has 0 saturated carbocycles. The number of carbonyl (C=O) groups excluding carboxylic acids is 2. The largest absolute Gasteiger partial charge is 0.480 e. The second-order valence-electron chi connectivity index (χ2n) is 7.25. The van der Waals surface area contributed by atoms with Gasteiger partial charge in [-0.15, -0.1) is 0 Å². The van der Waals surface area contributed by atoms with Crippen molar-refractivity contribution in [3.05, 3.63) is 0 Å². The molecule has 0 radical (unpaired) electrons. The number of amides is 1. The molecule has 0 saturated heterocycles. The van der Waals surface area contributed by atoms with Crippen molar-refractivity contribution in [3.8, 4) is 0 Å². The Labute approximate surface area is 136 Å². The van der Waals surface area contributed by atoms with Crippen molar-refractivity contribution >= 4 is 18.0 Å². The zero-order valence-corrected chi connectivity index (χ0v) is 14.6. The number of carbonyl (C=O) groups is 3. The molecule has 4 N–H and O–H groups in total. The summed E-state index contributed by atoms with van der Waals surface area (Å²) in [6.45, 7) is 10.1. The van der Waals surface area contributed by atoms with Gasteiger partial charge in [-0.25, -0.2) is 9.59 Å². The Hall–Kier alpha value is -1.83. The Morgan fingerprint density at radius 3 is 1.87 bits per heavy atom. The molecule has 8 nitrogen and oxygen atoms in total. The Bertz CT molecular complexity index is 436. The van der Waals surface area contributed by atoms with Crippen LogP contribution >= 0.6 is 0 Å². The summed E-state index contributed by atoms with van der Waals surface area (Å²) in [4.78, 5) is 34.5. The molecule has 8 heteroatoms. The van der Waals surface area contributed by atoms with E-state index in [1.54, 1.807) is 41.5 Å². The van der Waals surface area contributed by atoms with Crippen molar-refractivity contribution in [3.63, 3.8) is 0 Å². The van der Waals surface area contributed by atoms with Crippen LogP contribution in [0.15, 0.2) is 0 Å². The van der Waals surface area contributed by atoms with Gasteiger partial charge in [0.2, 0.25) is 0 Å². The third kappa shape index (κ3) is 10.5. The fourth-order valence-corrected chi connectivity index (χ4v) is 1.55. The number of nitrogens with two attached hydrogens (primary N) is 1. The molecule has 134 valence electrons. The number of carboxylic acids is 1. The van der Waals surface area contributed by atoms with Crippen molar-refractivity contribution in [2.75, 3.05) is 0 Å². The van der Waals surface area contributed by atoms with Gasteiger partial charge in [0.15, 0.2) is 0 Å². The highest BCUT2D eigenvalue weighted by Crippen LogP contribution is 2.11. The van der Waals surface area contributed by atoms with Crippen LogP contribution in [-0.4, -0.2) is 46.4 Å². The normalized spacial score (nSPS) is 14.6. The smallest absolute Gasteiger partial charge is 0.408 e. The van der Waals surface area contributed by atoms with Gasteiger partial charge >= 0.3 is 18.0 Å². The molecule has 23 heavy (non-hydrogen) atoms. The highest BCUT2D eigenvalue weighted by molar-refractivity contribution is 5.80. The zero-order chi connectivity index (χ0) is 18.4. The molecule has 0 aromatic rings. The summed E-state index contributed by atoms with van der Waals surface area (Å²) in [5, 5.41) is 11.4. The molecule has 2 atom stereocenters. The number of ether oxygens (including phenoxy) is 2. The standard InChI is InChI=1S/C15H28N2O6/c1-14(2,3)22-12(20)9(16)7-8-10(11(18)19)17-13(21)23-15(4,5)6/h9-10H,7-8,16H2,1-6H3,(H,17,21)(H,18,19)/t9?,10-/m1/s1. The second-order valence-corrected chi connectivity index (χ2v) is 7.25. The molecule has 1 amide bonds. The van der Waals surface area contributed by atoms with Crippen LogP contribution in [-0.2, 0) is 19.1 Å². The summed E-state index contributed by atoms with van der Waals surface area (Å²) in [6, 6.07) is -2.16. The third-order valence-electron chi connectivity index (χ3n) is 2.46. The summed E-state index contributed by atoms with van der Waals surface area (Å²) < 4.78 is 10.1. The topological polar surface area (TPSA) is 128 Å².